The van der Waals surface area contributed by atoms with Crippen molar-refractivity contribution < 1.29 is 4.74 Å². The van der Waals surface area contributed by atoms with Gasteiger partial charge in [0.2, 0.25) is 0 Å². The maximum atomic E-state index is 6.29. The summed E-state index contributed by atoms with van der Waals surface area (Å²) in [6, 6.07) is 0.544. The van der Waals surface area contributed by atoms with Crippen LogP contribution >= 0.6 is 0 Å². The summed E-state index contributed by atoms with van der Waals surface area (Å²) < 4.78 is 5.87. The van der Waals surface area contributed by atoms with E-state index < -0.39 is 0 Å². The molecule has 0 aromatic carbocycles. The summed E-state index contributed by atoms with van der Waals surface area (Å²) in [5, 5.41) is 0. The fourth-order valence-corrected chi connectivity index (χ4v) is 3.92. The summed E-state index contributed by atoms with van der Waals surface area (Å²) in [7, 11) is 0. The SMILES string of the molecule is CCC1COC(C)CN1C1(CN)CCCN(CC)CC1. The second kappa shape index (κ2) is 7.21. The molecule has 4 nitrogen and oxygen atoms in total. The highest BCUT2D eigenvalue weighted by molar-refractivity contribution is 4.98. The van der Waals surface area contributed by atoms with Gasteiger partial charge in [0.1, 0.15) is 0 Å². The molecule has 2 rings (SSSR count). The van der Waals surface area contributed by atoms with Crippen molar-refractivity contribution in [1.82, 2.24) is 9.80 Å². The Kier molecular flexibility index (Phi) is 5.84. The summed E-state index contributed by atoms with van der Waals surface area (Å²) >= 11 is 0. The molecule has 2 aliphatic heterocycles. The standard InChI is InChI=1S/C16H33N3O/c1-4-15-12-20-14(3)11-19(15)16(13-17)7-6-9-18(5-2)10-8-16/h14-15H,4-13,17H2,1-3H3. The van der Waals surface area contributed by atoms with Crippen molar-refractivity contribution in [2.24, 2.45) is 5.73 Å². The fraction of sp³-hybridized carbons (Fsp3) is 1.00. The van der Waals surface area contributed by atoms with Crippen molar-refractivity contribution in [3.05, 3.63) is 0 Å². The molecule has 0 aliphatic carbocycles. The predicted octanol–water partition coefficient (Wildman–Crippen LogP) is 1.69. The monoisotopic (exact) mass is 283 g/mol. The van der Waals surface area contributed by atoms with Crippen molar-refractivity contribution >= 4 is 0 Å². The topological polar surface area (TPSA) is 41.7 Å². The fourth-order valence-electron chi connectivity index (χ4n) is 3.92. The summed E-state index contributed by atoms with van der Waals surface area (Å²) in [6.07, 6.45) is 5.22. The quantitative estimate of drug-likeness (QED) is 0.852. The Bertz CT molecular complexity index is 299. The van der Waals surface area contributed by atoms with E-state index in [4.69, 9.17) is 10.5 Å². The molecular formula is C16H33N3O. The normalized spacial score (nSPS) is 37.8. The lowest BCUT2D eigenvalue weighted by atomic mass is 9.85. The summed E-state index contributed by atoms with van der Waals surface area (Å²) in [6.45, 7) is 13.0. The van der Waals surface area contributed by atoms with E-state index in [1.165, 1.54) is 32.4 Å². The second-order valence-electron chi connectivity index (χ2n) is 6.57. The molecule has 0 aromatic heterocycles. The molecule has 0 amide bonds. The average molecular weight is 283 g/mol. The summed E-state index contributed by atoms with van der Waals surface area (Å²) in [5.41, 5.74) is 6.48. The average Bonchev–Trinajstić information content (AvgIpc) is 2.70. The molecule has 20 heavy (non-hydrogen) atoms. The Morgan fingerprint density at radius 3 is 2.70 bits per heavy atom. The van der Waals surface area contributed by atoms with E-state index in [0.717, 1.165) is 32.7 Å². The van der Waals surface area contributed by atoms with Crippen LogP contribution in [0, 0.1) is 0 Å². The lowest BCUT2D eigenvalue weighted by Gasteiger charge is -2.50. The number of nitrogens with two attached hydrogens (primary N) is 1. The summed E-state index contributed by atoms with van der Waals surface area (Å²) in [5.74, 6) is 0. The van der Waals surface area contributed by atoms with Crippen LogP contribution < -0.4 is 5.73 Å². The predicted molar refractivity (Wildman–Crippen MR) is 83.9 cm³/mol. The third-order valence-electron chi connectivity index (χ3n) is 5.39. The van der Waals surface area contributed by atoms with Crippen molar-refractivity contribution in [2.45, 2.75) is 64.1 Å². The molecule has 3 atom stereocenters. The minimum Gasteiger partial charge on any atom is -0.376 e. The third-order valence-corrected chi connectivity index (χ3v) is 5.39. The minimum absolute atomic E-state index is 0.197. The van der Waals surface area contributed by atoms with E-state index in [-0.39, 0.29) is 5.54 Å². The minimum atomic E-state index is 0.197. The van der Waals surface area contributed by atoms with Gasteiger partial charge in [-0.3, -0.25) is 4.90 Å². The van der Waals surface area contributed by atoms with Gasteiger partial charge in [0.15, 0.2) is 0 Å². The lowest BCUT2D eigenvalue weighted by Crippen LogP contribution is -2.63. The van der Waals surface area contributed by atoms with Crippen molar-refractivity contribution in [3.8, 4) is 0 Å². The Morgan fingerprint density at radius 2 is 2.05 bits per heavy atom. The number of rotatable bonds is 4. The third kappa shape index (κ3) is 3.35. The zero-order valence-electron chi connectivity index (χ0n) is 13.6. The van der Waals surface area contributed by atoms with E-state index in [1.807, 2.05) is 0 Å². The number of nitrogens with zero attached hydrogens (tertiary/aromatic N) is 2. The Balaban J connectivity index is 2.15. The molecule has 2 aliphatic rings. The molecule has 0 aromatic rings. The highest BCUT2D eigenvalue weighted by Crippen LogP contribution is 2.33. The maximum absolute atomic E-state index is 6.29. The Hall–Kier alpha value is -0.160. The van der Waals surface area contributed by atoms with Gasteiger partial charge in [0.05, 0.1) is 12.7 Å². The van der Waals surface area contributed by atoms with Crippen molar-refractivity contribution in [3.63, 3.8) is 0 Å². The first-order valence-corrected chi connectivity index (χ1v) is 8.46. The summed E-state index contributed by atoms with van der Waals surface area (Å²) in [4.78, 5) is 5.28. The van der Waals surface area contributed by atoms with E-state index >= 15 is 0 Å². The highest BCUT2D eigenvalue weighted by atomic mass is 16.5. The Labute approximate surface area is 124 Å². The van der Waals surface area contributed by atoms with Gasteiger partial charge in [0, 0.05) is 24.7 Å². The second-order valence-corrected chi connectivity index (χ2v) is 6.57. The molecule has 4 heteroatoms. The molecule has 0 radical (unpaired) electrons. The molecule has 2 saturated heterocycles. The molecule has 0 bridgehead atoms. The van der Waals surface area contributed by atoms with Gasteiger partial charge in [0.25, 0.3) is 0 Å². The van der Waals surface area contributed by atoms with Crippen LogP contribution in [-0.4, -0.2) is 66.8 Å². The largest absolute Gasteiger partial charge is 0.376 e. The zero-order valence-corrected chi connectivity index (χ0v) is 13.6. The van der Waals surface area contributed by atoms with Gasteiger partial charge < -0.3 is 15.4 Å². The molecule has 0 saturated carbocycles. The van der Waals surface area contributed by atoms with Crippen LogP contribution in [0.25, 0.3) is 0 Å². The molecule has 118 valence electrons. The zero-order chi connectivity index (χ0) is 14.6. The maximum Gasteiger partial charge on any atom is 0.0675 e. The number of hydrogen-bond acceptors (Lipinski definition) is 4. The first-order chi connectivity index (χ1) is 9.65. The van der Waals surface area contributed by atoms with Crippen LogP contribution in [0.3, 0.4) is 0 Å². The Morgan fingerprint density at radius 1 is 1.25 bits per heavy atom. The van der Waals surface area contributed by atoms with Crippen molar-refractivity contribution in [1.29, 1.82) is 0 Å². The van der Waals surface area contributed by atoms with Crippen LogP contribution in [0.4, 0.5) is 0 Å². The van der Waals surface area contributed by atoms with Gasteiger partial charge in [-0.1, -0.05) is 13.8 Å². The smallest absolute Gasteiger partial charge is 0.0675 e. The first-order valence-electron chi connectivity index (χ1n) is 8.46. The molecule has 3 unspecified atom stereocenters. The van der Waals surface area contributed by atoms with Gasteiger partial charge in [-0.2, -0.15) is 0 Å². The highest BCUT2D eigenvalue weighted by Gasteiger charge is 2.42. The van der Waals surface area contributed by atoms with E-state index in [1.54, 1.807) is 0 Å². The molecule has 2 heterocycles. The van der Waals surface area contributed by atoms with Gasteiger partial charge in [-0.15, -0.1) is 0 Å². The van der Waals surface area contributed by atoms with Gasteiger partial charge >= 0.3 is 0 Å². The van der Waals surface area contributed by atoms with Crippen LogP contribution in [0.2, 0.25) is 0 Å². The molecule has 0 spiro atoms. The number of hydrogen-bond donors (Lipinski definition) is 1. The van der Waals surface area contributed by atoms with Crippen LogP contribution in [0.1, 0.15) is 46.5 Å². The van der Waals surface area contributed by atoms with E-state index in [2.05, 4.69) is 30.6 Å². The van der Waals surface area contributed by atoms with E-state index in [0.29, 0.717) is 12.1 Å². The van der Waals surface area contributed by atoms with Crippen LogP contribution in [0.15, 0.2) is 0 Å². The molecular weight excluding hydrogens is 250 g/mol. The molecule has 2 fully saturated rings. The van der Waals surface area contributed by atoms with Gasteiger partial charge in [-0.05, 0) is 52.2 Å². The first kappa shape index (κ1) is 16.2. The number of ether oxygens (including phenoxy) is 1. The van der Waals surface area contributed by atoms with E-state index in [9.17, 15) is 0 Å². The van der Waals surface area contributed by atoms with Crippen molar-refractivity contribution in [2.75, 3.05) is 39.3 Å². The van der Waals surface area contributed by atoms with Gasteiger partial charge in [-0.25, -0.2) is 0 Å². The molecule has 2 N–H and O–H groups in total. The number of likely N-dealkylation sites (tertiary alicyclic amines) is 1. The number of morpholine rings is 1. The van der Waals surface area contributed by atoms with Crippen LogP contribution in [0.5, 0.6) is 0 Å². The van der Waals surface area contributed by atoms with Crippen LogP contribution in [-0.2, 0) is 4.74 Å². The lowest BCUT2D eigenvalue weighted by molar-refractivity contribution is -0.102.